The summed E-state index contributed by atoms with van der Waals surface area (Å²) in [6.07, 6.45) is 6.27. The van der Waals surface area contributed by atoms with Crippen LogP contribution in [-0.4, -0.2) is 24.5 Å². The van der Waals surface area contributed by atoms with Crippen LogP contribution in [0, 0.1) is 11.8 Å². The van der Waals surface area contributed by atoms with Gasteiger partial charge in [0.25, 0.3) is 0 Å². The molecule has 0 aromatic carbocycles. The number of hydrogen-bond acceptors (Lipinski definition) is 1. The van der Waals surface area contributed by atoms with E-state index in [2.05, 4.69) is 23.7 Å². The summed E-state index contributed by atoms with van der Waals surface area (Å²) in [5, 5.41) is 0. The van der Waals surface area contributed by atoms with Crippen molar-refractivity contribution >= 4 is 0 Å². The molecule has 0 aliphatic carbocycles. The van der Waals surface area contributed by atoms with Gasteiger partial charge in [-0.2, -0.15) is 0 Å². The molecule has 1 aliphatic rings. The van der Waals surface area contributed by atoms with E-state index in [-0.39, 0.29) is 0 Å². The van der Waals surface area contributed by atoms with Crippen LogP contribution in [0.3, 0.4) is 0 Å². The molecule has 1 rings (SSSR count). The van der Waals surface area contributed by atoms with Crippen LogP contribution < -0.4 is 0 Å². The van der Waals surface area contributed by atoms with Crippen LogP contribution in [0.1, 0.15) is 39.0 Å². The maximum absolute atomic E-state index is 3.19. The van der Waals surface area contributed by atoms with Gasteiger partial charge in [0.2, 0.25) is 0 Å². The minimum Gasteiger partial charge on any atom is -0.302 e. The second kappa shape index (κ2) is 6.08. The predicted octanol–water partition coefficient (Wildman–Crippen LogP) is 2.28. The molecular formula is C11H19N. The van der Waals surface area contributed by atoms with E-state index < -0.39 is 0 Å². The summed E-state index contributed by atoms with van der Waals surface area (Å²) in [6.45, 7) is 5.89. The van der Waals surface area contributed by atoms with Crippen molar-refractivity contribution in [2.45, 2.75) is 39.0 Å². The van der Waals surface area contributed by atoms with E-state index in [1.807, 2.05) is 0 Å². The second-order valence-corrected chi connectivity index (χ2v) is 3.36. The third-order valence-electron chi connectivity index (χ3n) is 2.30. The molecule has 0 saturated carbocycles. The van der Waals surface area contributed by atoms with Gasteiger partial charge < -0.3 is 4.90 Å². The van der Waals surface area contributed by atoms with Crippen LogP contribution in [0.15, 0.2) is 0 Å². The zero-order chi connectivity index (χ0) is 8.65. The van der Waals surface area contributed by atoms with Crippen molar-refractivity contribution in [2.24, 2.45) is 0 Å². The summed E-state index contributed by atoms with van der Waals surface area (Å²) in [4.78, 5) is 2.54. The van der Waals surface area contributed by atoms with E-state index in [1.54, 1.807) is 0 Å². The average Bonchev–Trinajstić information content (AvgIpc) is 2.14. The Labute approximate surface area is 76.1 Å². The highest BCUT2D eigenvalue weighted by molar-refractivity contribution is 4.98. The van der Waals surface area contributed by atoms with Crippen molar-refractivity contribution in [2.75, 3.05) is 19.6 Å². The van der Waals surface area contributed by atoms with Gasteiger partial charge in [0, 0.05) is 19.4 Å². The van der Waals surface area contributed by atoms with Crippen LogP contribution in [0.25, 0.3) is 0 Å². The first kappa shape index (κ1) is 9.61. The average molecular weight is 165 g/mol. The Hall–Kier alpha value is -0.480. The van der Waals surface area contributed by atoms with Crippen molar-refractivity contribution in [3.63, 3.8) is 0 Å². The second-order valence-electron chi connectivity index (χ2n) is 3.36. The molecule has 1 heteroatoms. The molecule has 0 atom stereocenters. The van der Waals surface area contributed by atoms with Crippen molar-refractivity contribution in [1.82, 2.24) is 4.90 Å². The fourth-order valence-corrected chi connectivity index (χ4v) is 1.61. The van der Waals surface area contributed by atoms with Gasteiger partial charge >= 0.3 is 0 Å². The molecule has 0 amide bonds. The summed E-state index contributed by atoms with van der Waals surface area (Å²) >= 11 is 0. The quantitative estimate of drug-likeness (QED) is 0.567. The van der Waals surface area contributed by atoms with Gasteiger partial charge in [-0.1, -0.05) is 13.3 Å². The highest BCUT2D eigenvalue weighted by Crippen LogP contribution is 2.08. The monoisotopic (exact) mass is 165 g/mol. The Morgan fingerprint density at radius 2 is 1.83 bits per heavy atom. The lowest BCUT2D eigenvalue weighted by molar-refractivity contribution is 0.234. The molecule has 12 heavy (non-hydrogen) atoms. The first-order valence-corrected chi connectivity index (χ1v) is 5.11. The topological polar surface area (TPSA) is 3.24 Å². The Kier molecular flexibility index (Phi) is 4.87. The third kappa shape index (κ3) is 3.78. The largest absolute Gasteiger partial charge is 0.302 e. The Bertz CT molecular complexity index is 158. The van der Waals surface area contributed by atoms with Crippen molar-refractivity contribution in [3.05, 3.63) is 0 Å². The number of piperidine rings is 1. The van der Waals surface area contributed by atoms with Gasteiger partial charge in [-0.3, -0.25) is 0 Å². The van der Waals surface area contributed by atoms with Gasteiger partial charge in [0.05, 0.1) is 0 Å². The van der Waals surface area contributed by atoms with Gasteiger partial charge in [0.15, 0.2) is 0 Å². The lowest BCUT2D eigenvalue weighted by Gasteiger charge is -2.25. The lowest BCUT2D eigenvalue weighted by atomic mass is 10.1. The predicted molar refractivity (Wildman–Crippen MR) is 53.0 cm³/mol. The summed E-state index contributed by atoms with van der Waals surface area (Å²) in [5.41, 5.74) is 0. The molecule has 0 bridgehead atoms. The molecule has 0 N–H and O–H groups in total. The van der Waals surface area contributed by atoms with Crippen LogP contribution >= 0.6 is 0 Å². The Balaban J connectivity index is 2.05. The molecule has 1 nitrogen and oxygen atoms in total. The molecule has 1 saturated heterocycles. The number of likely N-dealkylation sites (tertiary alicyclic amines) is 1. The Morgan fingerprint density at radius 1 is 1.08 bits per heavy atom. The molecule has 0 aromatic heterocycles. The normalized spacial score (nSPS) is 18.4. The van der Waals surface area contributed by atoms with E-state index in [0.717, 1.165) is 12.8 Å². The third-order valence-corrected chi connectivity index (χ3v) is 2.30. The molecule has 68 valence electrons. The summed E-state index contributed by atoms with van der Waals surface area (Å²) in [7, 11) is 0. The van der Waals surface area contributed by atoms with E-state index in [1.165, 1.54) is 38.9 Å². The van der Waals surface area contributed by atoms with Crippen LogP contribution in [0.5, 0.6) is 0 Å². The van der Waals surface area contributed by atoms with E-state index in [4.69, 9.17) is 0 Å². The zero-order valence-electron chi connectivity index (χ0n) is 8.10. The van der Waals surface area contributed by atoms with Crippen molar-refractivity contribution in [3.8, 4) is 11.8 Å². The minimum atomic E-state index is 1.00. The highest BCUT2D eigenvalue weighted by atomic mass is 15.1. The van der Waals surface area contributed by atoms with Crippen LogP contribution in [-0.2, 0) is 0 Å². The number of nitrogens with zero attached hydrogens (tertiary/aromatic N) is 1. The fourth-order valence-electron chi connectivity index (χ4n) is 1.61. The molecule has 0 radical (unpaired) electrons. The maximum Gasteiger partial charge on any atom is 0.0217 e. The summed E-state index contributed by atoms with van der Waals surface area (Å²) in [6, 6.07) is 0. The van der Waals surface area contributed by atoms with Gasteiger partial charge in [-0.15, -0.1) is 11.8 Å². The number of hydrogen-bond donors (Lipinski definition) is 0. The van der Waals surface area contributed by atoms with E-state index >= 15 is 0 Å². The number of rotatable bonds is 2. The summed E-state index contributed by atoms with van der Waals surface area (Å²) in [5.74, 6) is 6.30. The molecule has 1 heterocycles. The maximum atomic E-state index is 3.19. The van der Waals surface area contributed by atoms with Crippen LogP contribution in [0.4, 0.5) is 0 Å². The molecule has 0 unspecified atom stereocenters. The molecule has 0 aromatic rings. The Morgan fingerprint density at radius 3 is 2.50 bits per heavy atom. The molecule has 0 spiro atoms. The first-order chi connectivity index (χ1) is 5.93. The van der Waals surface area contributed by atoms with Gasteiger partial charge in [0.1, 0.15) is 0 Å². The zero-order valence-corrected chi connectivity index (χ0v) is 8.10. The minimum absolute atomic E-state index is 1.00. The highest BCUT2D eigenvalue weighted by Gasteiger charge is 2.07. The van der Waals surface area contributed by atoms with Crippen molar-refractivity contribution < 1.29 is 0 Å². The molecular weight excluding hydrogens is 146 g/mol. The SMILES string of the molecule is CCC#CCCN1CCCCC1. The fraction of sp³-hybridized carbons (Fsp3) is 0.818. The first-order valence-electron chi connectivity index (χ1n) is 5.11. The standard InChI is InChI=1S/C11H19N/c1-2-3-4-6-9-12-10-7-5-8-11-12/h2,5-11H2,1H3. The smallest absolute Gasteiger partial charge is 0.0217 e. The van der Waals surface area contributed by atoms with E-state index in [0.29, 0.717) is 0 Å². The van der Waals surface area contributed by atoms with Gasteiger partial charge in [-0.25, -0.2) is 0 Å². The summed E-state index contributed by atoms with van der Waals surface area (Å²) < 4.78 is 0. The lowest BCUT2D eigenvalue weighted by Crippen LogP contribution is -2.30. The van der Waals surface area contributed by atoms with Crippen LogP contribution in [0.2, 0.25) is 0 Å². The molecule has 1 fully saturated rings. The van der Waals surface area contributed by atoms with Gasteiger partial charge in [-0.05, 0) is 25.9 Å². The van der Waals surface area contributed by atoms with E-state index in [9.17, 15) is 0 Å². The van der Waals surface area contributed by atoms with Crippen molar-refractivity contribution in [1.29, 1.82) is 0 Å². The molecule has 1 aliphatic heterocycles.